The average molecular weight is 510 g/mol. The zero-order chi connectivity index (χ0) is 21.7. The van der Waals surface area contributed by atoms with Crippen LogP contribution in [0.5, 0.6) is 11.5 Å². The van der Waals surface area contributed by atoms with Crippen molar-refractivity contribution in [2.75, 3.05) is 18.5 Å². The van der Waals surface area contributed by atoms with Gasteiger partial charge in [0, 0.05) is 16.0 Å². The number of benzene rings is 2. The average Bonchev–Trinajstić information content (AvgIpc) is 3.21. The Morgan fingerprint density at radius 3 is 2.67 bits per heavy atom. The molecule has 0 unspecified atom stereocenters. The number of hydrogen-bond donors (Lipinski definition) is 1. The number of aromatic nitrogens is 1. The minimum absolute atomic E-state index is 0.127. The molecule has 0 saturated carbocycles. The number of hydrogen-bond acceptors (Lipinski definition) is 5. The number of carbonyl (C=O) groups excluding carboxylic acids is 1. The molecule has 8 heteroatoms. The molecule has 1 aromatic heterocycles. The molecule has 2 aromatic carbocycles. The number of nitrogens with zero attached hydrogens (tertiary/aromatic N) is 1. The van der Waals surface area contributed by atoms with Gasteiger partial charge < -0.3 is 9.47 Å². The molecule has 1 amide bonds. The number of halogens is 2. The van der Waals surface area contributed by atoms with Gasteiger partial charge in [-0.05, 0) is 77.7 Å². The van der Waals surface area contributed by atoms with Crippen LogP contribution in [0.25, 0.3) is 11.3 Å². The third-order valence-electron chi connectivity index (χ3n) is 4.30. The lowest BCUT2D eigenvalue weighted by Gasteiger charge is -2.12. The van der Waals surface area contributed by atoms with Crippen molar-refractivity contribution >= 4 is 49.9 Å². The van der Waals surface area contributed by atoms with Gasteiger partial charge in [-0.15, -0.1) is 11.3 Å². The van der Waals surface area contributed by atoms with Gasteiger partial charge in [0.1, 0.15) is 11.5 Å². The van der Waals surface area contributed by atoms with Crippen LogP contribution in [-0.4, -0.2) is 24.1 Å². The van der Waals surface area contributed by atoms with Gasteiger partial charge in [0.15, 0.2) is 11.7 Å². The largest absolute Gasteiger partial charge is 0.494 e. The summed E-state index contributed by atoms with van der Waals surface area (Å²) in [4.78, 5) is 16.8. The Morgan fingerprint density at radius 2 is 1.97 bits per heavy atom. The van der Waals surface area contributed by atoms with Crippen LogP contribution >= 0.6 is 38.9 Å². The van der Waals surface area contributed by atoms with Crippen molar-refractivity contribution in [2.24, 2.45) is 0 Å². The number of anilines is 1. The zero-order valence-electron chi connectivity index (χ0n) is 16.9. The summed E-state index contributed by atoms with van der Waals surface area (Å²) in [6.45, 7) is 6.43. The molecule has 1 heterocycles. The fraction of sp³-hybridized carbons (Fsp3) is 0.273. The topological polar surface area (TPSA) is 60.5 Å². The summed E-state index contributed by atoms with van der Waals surface area (Å²) in [5.74, 6) is 1.13. The normalized spacial score (nSPS) is 10.7. The number of aryl methyl sites for hydroxylation is 1. The highest BCUT2D eigenvalue weighted by atomic mass is 79.9. The van der Waals surface area contributed by atoms with Crippen molar-refractivity contribution in [2.45, 2.75) is 27.2 Å². The molecular weight excluding hydrogens is 488 g/mol. The molecule has 3 rings (SSSR count). The van der Waals surface area contributed by atoms with Crippen LogP contribution in [0, 0.1) is 13.8 Å². The lowest BCUT2D eigenvalue weighted by atomic mass is 10.1. The predicted molar refractivity (Wildman–Crippen MR) is 126 cm³/mol. The van der Waals surface area contributed by atoms with Gasteiger partial charge in [-0.2, -0.15) is 0 Å². The Morgan fingerprint density at radius 1 is 1.23 bits per heavy atom. The van der Waals surface area contributed by atoms with E-state index in [2.05, 4.69) is 33.2 Å². The van der Waals surface area contributed by atoms with Crippen molar-refractivity contribution in [1.82, 2.24) is 4.98 Å². The van der Waals surface area contributed by atoms with E-state index >= 15 is 0 Å². The summed E-state index contributed by atoms with van der Waals surface area (Å²) in [5, 5.41) is 5.88. The van der Waals surface area contributed by atoms with E-state index in [1.165, 1.54) is 11.3 Å². The van der Waals surface area contributed by atoms with Crippen LogP contribution in [0.15, 0.2) is 40.2 Å². The minimum atomic E-state index is -0.281. The first kappa shape index (κ1) is 22.6. The molecule has 1 N–H and O–H groups in total. The van der Waals surface area contributed by atoms with E-state index in [0.29, 0.717) is 22.5 Å². The molecule has 158 valence electrons. The van der Waals surface area contributed by atoms with Crippen LogP contribution < -0.4 is 14.8 Å². The van der Waals surface area contributed by atoms with E-state index in [-0.39, 0.29) is 12.5 Å². The zero-order valence-corrected chi connectivity index (χ0v) is 20.1. The van der Waals surface area contributed by atoms with Crippen molar-refractivity contribution in [3.63, 3.8) is 0 Å². The van der Waals surface area contributed by atoms with Gasteiger partial charge >= 0.3 is 0 Å². The van der Waals surface area contributed by atoms with Crippen molar-refractivity contribution in [3.05, 3.63) is 56.3 Å². The highest BCUT2D eigenvalue weighted by Gasteiger charge is 2.13. The van der Waals surface area contributed by atoms with Gasteiger partial charge in [-0.1, -0.05) is 18.5 Å². The van der Waals surface area contributed by atoms with Gasteiger partial charge in [0.05, 0.1) is 16.8 Å². The Balaban J connectivity index is 1.59. The SMILES string of the molecule is CCCOc1ccc(-c2csc(NC(=O)COc3cc(C)c(Cl)c(C)c3Br)n2)cc1. The van der Waals surface area contributed by atoms with E-state index in [1.807, 2.05) is 49.6 Å². The molecule has 0 fully saturated rings. The van der Waals surface area contributed by atoms with E-state index in [1.54, 1.807) is 0 Å². The maximum Gasteiger partial charge on any atom is 0.264 e. The Kier molecular flexibility index (Phi) is 7.75. The molecule has 0 aliphatic carbocycles. The fourth-order valence-corrected chi connectivity index (χ4v) is 4.14. The number of ether oxygens (including phenoxy) is 2. The van der Waals surface area contributed by atoms with Crippen molar-refractivity contribution in [3.8, 4) is 22.8 Å². The van der Waals surface area contributed by atoms with Crippen LogP contribution in [0.1, 0.15) is 24.5 Å². The Labute approximate surface area is 193 Å². The summed E-state index contributed by atoms with van der Waals surface area (Å²) in [5.41, 5.74) is 3.53. The first-order chi connectivity index (χ1) is 14.4. The smallest absolute Gasteiger partial charge is 0.264 e. The standard InChI is InChI=1S/C22H22BrClN2O3S/c1-4-9-28-16-7-5-15(6-8-16)17-12-30-22(25-17)26-19(27)11-29-18-10-13(2)21(24)14(3)20(18)23/h5-8,10,12H,4,9,11H2,1-3H3,(H,25,26,27). The van der Waals surface area contributed by atoms with Crippen LogP contribution in [-0.2, 0) is 4.79 Å². The number of rotatable bonds is 8. The maximum atomic E-state index is 12.3. The number of nitrogens with one attached hydrogen (secondary N) is 1. The van der Waals surface area contributed by atoms with Gasteiger partial charge in [-0.25, -0.2) is 4.98 Å². The molecule has 0 bridgehead atoms. The lowest BCUT2D eigenvalue weighted by molar-refractivity contribution is -0.118. The Bertz CT molecular complexity index is 1040. The molecule has 0 saturated heterocycles. The van der Waals surface area contributed by atoms with E-state index < -0.39 is 0 Å². The molecule has 0 atom stereocenters. The van der Waals surface area contributed by atoms with E-state index in [4.69, 9.17) is 21.1 Å². The highest BCUT2D eigenvalue weighted by Crippen LogP contribution is 2.35. The number of thiazole rings is 1. The molecule has 30 heavy (non-hydrogen) atoms. The lowest BCUT2D eigenvalue weighted by Crippen LogP contribution is -2.20. The summed E-state index contributed by atoms with van der Waals surface area (Å²) < 4.78 is 12.0. The van der Waals surface area contributed by atoms with Gasteiger partial charge in [0.2, 0.25) is 0 Å². The number of carbonyl (C=O) groups is 1. The molecule has 0 aliphatic rings. The highest BCUT2D eigenvalue weighted by molar-refractivity contribution is 9.10. The molecule has 0 aliphatic heterocycles. The second kappa shape index (κ2) is 10.3. The van der Waals surface area contributed by atoms with Crippen molar-refractivity contribution < 1.29 is 14.3 Å². The Hall–Kier alpha value is -2.09. The number of amides is 1. The molecule has 0 radical (unpaired) electrons. The third kappa shape index (κ3) is 5.53. The molecule has 3 aromatic rings. The van der Waals surface area contributed by atoms with E-state index in [9.17, 15) is 4.79 Å². The molecular formula is C22H22BrClN2O3S. The predicted octanol–water partition coefficient (Wildman–Crippen LogP) is 6.65. The van der Waals surface area contributed by atoms with Gasteiger partial charge in [0.25, 0.3) is 5.91 Å². The van der Waals surface area contributed by atoms with Crippen LogP contribution in [0.4, 0.5) is 5.13 Å². The summed E-state index contributed by atoms with van der Waals surface area (Å²) in [6, 6.07) is 9.56. The first-order valence-corrected chi connectivity index (χ1v) is 11.5. The first-order valence-electron chi connectivity index (χ1n) is 9.45. The molecule has 5 nitrogen and oxygen atoms in total. The quantitative estimate of drug-likeness (QED) is 0.369. The maximum absolute atomic E-state index is 12.3. The third-order valence-corrected chi connectivity index (χ3v) is 6.63. The van der Waals surface area contributed by atoms with Crippen LogP contribution in [0.3, 0.4) is 0 Å². The fourth-order valence-electron chi connectivity index (χ4n) is 2.71. The van der Waals surface area contributed by atoms with E-state index in [0.717, 1.165) is 39.0 Å². The summed E-state index contributed by atoms with van der Waals surface area (Å²) in [6.07, 6.45) is 0.967. The second-order valence-corrected chi connectivity index (χ2v) is 8.72. The molecule has 0 spiro atoms. The monoisotopic (exact) mass is 508 g/mol. The summed E-state index contributed by atoms with van der Waals surface area (Å²) in [7, 11) is 0. The second-order valence-electron chi connectivity index (χ2n) is 6.69. The van der Waals surface area contributed by atoms with Gasteiger partial charge in [-0.3, -0.25) is 10.1 Å². The summed E-state index contributed by atoms with van der Waals surface area (Å²) >= 11 is 11.1. The van der Waals surface area contributed by atoms with Crippen LogP contribution in [0.2, 0.25) is 5.02 Å². The van der Waals surface area contributed by atoms with Crippen molar-refractivity contribution in [1.29, 1.82) is 0 Å². The minimum Gasteiger partial charge on any atom is -0.494 e.